The van der Waals surface area contributed by atoms with Gasteiger partial charge in [-0.05, 0) is 38.7 Å². The average molecular weight is 232 g/mol. The summed E-state index contributed by atoms with van der Waals surface area (Å²) < 4.78 is 0. The molecule has 1 rings (SSSR count). The molecular weight excluding hydrogens is 212 g/mol. The van der Waals surface area contributed by atoms with Gasteiger partial charge < -0.3 is 10.2 Å². The maximum atomic E-state index is 11.4. The summed E-state index contributed by atoms with van der Waals surface area (Å²) in [7, 11) is 4.05. The van der Waals surface area contributed by atoms with Crippen LogP contribution in [0.1, 0.15) is 12.0 Å². The zero-order chi connectivity index (χ0) is 12.5. The number of nitrogens with zero attached hydrogens (tertiary/aromatic N) is 1. The van der Waals surface area contributed by atoms with Crippen LogP contribution >= 0.6 is 0 Å². The van der Waals surface area contributed by atoms with Crippen LogP contribution in [0.15, 0.2) is 36.4 Å². The van der Waals surface area contributed by atoms with Crippen LogP contribution in [0.4, 0.5) is 0 Å². The highest BCUT2D eigenvalue weighted by molar-refractivity contribution is 5.91. The average Bonchev–Trinajstić information content (AvgIpc) is 2.33. The first-order valence-corrected chi connectivity index (χ1v) is 5.84. The van der Waals surface area contributed by atoms with Gasteiger partial charge in [0, 0.05) is 12.6 Å². The lowest BCUT2D eigenvalue weighted by Gasteiger charge is -2.08. The van der Waals surface area contributed by atoms with Crippen LogP contribution in [0.5, 0.6) is 0 Å². The van der Waals surface area contributed by atoms with Crippen molar-refractivity contribution >= 4 is 12.0 Å². The van der Waals surface area contributed by atoms with Crippen molar-refractivity contribution in [1.82, 2.24) is 10.2 Å². The van der Waals surface area contributed by atoms with Crippen LogP contribution in [0.3, 0.4) is 0 Å². The Labute approximate surface area is 103 Å². The molecule has 0 radical (unpaired) electrons. The molecule has 0 saturated heterocycles. The predicted molar refractivity (Wildman–Crippen MR) is 71.7 cm³/mol. The molecular formula is C14H20N2O. The van der Waals surface area contributed by atoms with Gasteiger partial charge in [0.15, 0.2) is 0 Å². The molecule has 0 heterocycles. The highest BCUT2D eigenvalue weighted by Crippen LogP contribution is 2.00. The fourth-order valence-electron chi connectivity index (χ4n) is 1.40. The van der Waals surface area contributed by atoms with Crippen LogP contribution in [0.25, 0.3) is 6.08 Å². The molecule has 0 saturated carbocycles. The van der Waals surface area contributed by atoms with E-state index < -0.39 is 0 Å². The van der Waals surface area contributed by atoms with Crippen molar-refractivity contribution in [1.29, 1.82) is 0 Å². The summed E-state index contributed by atoms with van der Waals surface area (Å²) in [5.74, 6) is -0.0346. The molecule has 1 N–H and O–H groups in total. The van der Waals surface area contributed by atoms with Gasteiger partial charge in [-0.15, -0.1) is 0 Å². The van der Waals surface area contributed by atoms with Crippen LogP contribution in [-0.4, -0.2) is 38.0 Å². The largest absolute Gasteiger partial charge is 0.353 e. The molecule has 92 valence electrons. The number of carbonyl (C=O) groups is 1. The highest BCUT2D eigenvalue weighted by Gasteiger charge is 1.95. The van der Waals surface area contributed by atoms with Crippen molar-refractivity contribution in [3.05, 3.63) is 42.0 Å². The monoisotopic (exact) mass is 232 g/mol. The summed E-state index contributed by atoms with van der Waals surface area (Å²) in [5, 5.41) is 2.86. The van der Waals surface area contributed by atoms with Gasteiger partial charge >= 0.3 is 0 Å². The van der Waals surface area contributed by atoms with Crippen LogP contribution < -0.4 is 5.32 Å². The third kappa shape index (κ3) is 6.53. The Morgan fingerprint density at radius 2 is 2.00 bits per heavy atom. The number of hydrogen-bond acceptors (Lipinski definition) is 2. The standard InChI is InChI=1S/C14H20N2O/c1-16(2)12-6-11-15-14(17)10-9-13-7-4-3-5-8-13/h3-5,7-10H,6,11-12H2,1-2H3,(H,15,17)/b10-9-. The number of hydrogen-bond donors (Lipinski definition) is 1. The topological polar surface area (TPSA) is 32.3 Å². The van der Waals surface area contributed by atoms with Gasteiger partial charge in [-0.2, -0.15) is 0 Å². The molecule has 0 spiro atoms. The first-order valence-electron chi connectivity index (χ1n) is 5.84. The third-order valence-corrected chi connectivity index (χ3v) is 2.31. The molecule has 17 heavy (non-hydrogen) atoms. The summed E-state index contributed by atoms with van der Waals surface area (Å²) in [6.07, 6.45) is 4.37. The zero-order valence-corrected chi connectivity index (χ0v) is 10.5. The number of rotatable bonds is 6. The number of amides is 1. The van der Waals surface area contributed by atoms with Gasteiger partial charge in [0.2, 0.25) is 5.91 Å². The minimum Gasteiger partial charge on any atom is -0.353 e. The molecule has 1 amide bonds. The maximum Gasteiger partial charge on any atom is 0.243 e. The minimum absolute atomic E-state index is 0.0346. The fraction of sp³-hybridized carbons (Fsp3) is 0.357. The first-order chi connectivity index (χ1) is 8.18. The SMILES string of the molecule is CN(C)CCCNC(=O)/C=C\c1ccccc1. The zero-order valence-electron chi connectivity index (χ0n) is 10.5. The predicted octanol–water partition coefficient (Wildman–Crippen LogP) is 1.77. The van der Waals surface area contributed by atoms with E-state index in [2.05, 4.69) is 10.2 Å². The molecule has 3 heteroatoms. The van der Waals surface area contributed by atoms with E-state index in [1.54, 1.807) is 6.08 Å². The molecule has 0 bridgehead atoms. The quantitative estimate of drug-likeness (QED) is 0.599. The third-order valence-electron chi connectivity index (χ3n) is 2.31. The maximum absolute atomic E-state index is 11.4. The van der Waals surface area contributed by atoms with E-state index in [9.17, 15) is 4.79 Å². The summed E-state index contributed by atoms with van der Waals surface area (Å²) in [5.41, 5.74) is 1.04. The molecule has 0 aliphatic rings. The summed E-state index contributed by atoms with van der Waals surface area (Å²) in [4.78, 5) is 13.6. The lowest BCUT2D eigenvalue weighted by atomic mass is 10.2. The van der Waals surface area contributed by atoms with Crippen LogP contribution in [0.2, 0.25) is 0 Å². The van der Waals surface area contributed by atoms with Gasteiger partial charge in [-0.25, -0.2) is 0 Å². The highest BCUT2D eigenvalue weighted by atomic mass is 16.1. The van der Waals surface area contributed by atoms with Crippen molar-refractivity contribution in [3.8, 4) is 0 Å². The number of nitrogens with one attached hydrogen (secondary N) is 1. The van der Waals surface area contributed by atoms with E-state index in [1.165, 1.54) is 0 Å². The van der Waals surface area contributed by atoms with Gasteiger partial charge in [0.1, 0.15) is 0 Å². The smallest absolute Gasteiger partial charge is 0.243 e. The molecule has 0 unspecified atom stereocenters. The van der Waals surface area contributed by atoms with Crippen molar-refractivity contribution in [3.63, 3.8) is 0 Å². The Bertz CT molecular complexity index is 358. The Kier molecular flexibility index (Phi) is 6.04. The van der Waals surface area contributed by atoms with Crippen molar-refractivity contribution in [2.45, 2.75) is 6.42 Å². The van der Waals surface area contributed by atoms with Crippen LogP contribution in [0, 0.1) is 0 Å². The Balaban J connectivity index is 2.23. The van der Waals surface area contributed by atoms with Gasteiger partial charge in [-0.3, -0.25) is 4.79 Å². The lowest BCUT2D eigenvalue weighted by molar-refractivity contribution is -0.116. The molecule has 3 nitrogen and oxygen atoms in total. The molecule has 1 aromatic carbocycles. The molecule has 1 aromatic rings. The summed E-state index contributed by atoms with van der Waals surface area (Å²) in [6.45, 7) is 1.71. The van der Waals surface area contributed by atoms with E-state index in [4.69, 9.17) is 0 Å². The van der Waals surface area contributed by atoms with Crippen molar-refractivity contribution in [2.24, 2.45) is 0 Å². The number of benzene rings is 1. The van der Waals surface area contributed by atoms with E-state index in [0.29, 0.717) is 0 Å². The normalized spacial score (nSPS) is 11.0. The summed E-state index contributed by atoms with van der Waals surface area (Å²) in [6, 6.07) is 9.80. The van der Waals surface area contributed by atoms with E-state index in [-0.39, 0.29) is 5.91 Å². The molecule has 0 fully saturated rings. The molecule has 0 aliphatic heterocycles. The second-order valence-electron chi connectivity index (χ2n) is 4.19. The van der Waals surface area contributed by atoms with Gasteiger partial charge in [-0.1, -0.05) is 30.3 Å². The first kappa shape index (κ1) is 13.5. The molecule has 0 atom stereocenters. The van der Waals surface area contributed by atoms with Gasteiger partial charge in [0.25, 0.3) is 0 Å². The fourth-order valence-corrected chi connectivity index (χ4v) is 1.40. The number of carbonyl (C=O) groups excluding carboxylic acids is 1. The van der Waals surface area contributed by atoms with Crippen molar-refractivity contribution in [2.75, 3.05) is 27.2 Å². The Hall–Kier alpha value is -1.61. The minimum atomic E-state index is -0.0346. The second-order valence-corrected chi connectivity index (χ2v) is 4.19. The van der Waals surface area contributed by atoms with E-state index >= 15 is 0 Å². The molecule has 0 aromatic heterocycles. The lowest BCUT2D eigenvalue weighted by Crippen LogP contribution is -2.25. The Morgan fingerprint density at radius 1 is 1.29 bits per heavy atom. The van der Waals surface area contributed by atoms with E-state index in [1.807, 2.05) is 50.5 Å². The summed E-state index contributed by atoms with van der Waals surface area (Å²) >= 11 is 0. The van der Waals surface area contributed by atoms with Crippen molar-refractivity contribution < 1.29 is 4.79 Å². The van der Waals surface area contributed by atoms with Gasteiger partial charge in [0.05, 0.1) is 0 Å². The second kappa shape index (κ2) is 7.63. The van der Waals surface area contributed by atoms with Crippen LogP contribution in [-0.2, 0) is 4.79 Å². The van der Waals surface area contributed by atoms with E-state index in [0.717, 1.165) is 25.1 Å². The molecule has 0 aliphatic carbocycles. The Morgan fingerprint density at radius 3 is 2.65 bits per heavy atom.